The maximum absolute atomic E-state index is 14.0. The zero-order chi connectivity index (χ0) is 32.6. The predicted molar refractivity (Wildman–Crippen MR) is 175 cm³/mol. The standard InChI is InChI=1S/C32H41N7O5S/c1-19-26(45-21(3)33-19)18-38(31(41)44-32(5,6)7)28-17-27(37-14-12-36(13-15-37)22(4)40)34-30-29(20(2)35-39(28)30)23-10-11-24(42-8)25(16-23)43-9/h10-11,16-17H,12-15,18H2,1-9H3. The maximum Gasteiger partial charge on any atom is 0.416 e. The van der Waals surface area contributed by atoms with E-state index in [4.69, 9.17) is 24.3 Å². The van der Waals surface area contributed by atoms with Gasteiger partial charge >= 0.3 is 6.09 Å². The van der Waals surface area contributed by atoms with Gasteiger partial charge in [-0.05, 0) is 59.2 Å². The van der Waals surface area contributed by atoms with Crippen LogP contribution in [0.2, 0.25) is 0 Å². The predicted octanol–water partition coefficient (Wildman–Crippen LogP) is 5.41. The third-order valence-corrected chi connectivity index (χ3v) is 8.70. The maximum atomic E-state index is 14.0. The van der Waals surface area contributed by atoms with Crippen LogP contribution in [-0.4, -0.2) is 82.5 Å². The van der Waals surface area contributed by atoms with Crippen LogP contribution in [0.5, 0.6) is 11.5 Å². The Morgan fingerprint density at radius 3 is 2.22 bits per heavy atom. The van der Waals surface area contributed by atoms with Crippen molar-refractivity contribution >= 4 is 40.6 Å². The smallest absolute Gasteiger partial charge is 0.416 e. The summed E-state index contributed by atoms with van der Waals surface area (Å²) in [7, 11) is 3.20. The van der Waals surface area contributed by atoms with Crippen LogP contribution in [0.25, 0.3) is 16.8 Å². The van der Waals surface area contributed by atoms with E-state index in [0.29, 0.717) is 55.0 Å². The number of fused-ring (bicyclic) bond motifs is 1. The molecule has 0 spiro atoms. The number of aryl methyl sites for hydroxylation is 3. The summed E-state index contributed by atoms with van der Waals surface area (Å²) in [5.74, 6) is 2.43. The molecule has 0 radical (unpaired) electrons. The lowest BCUT2D eigenvalue weighted by Gasteiger charge is -2.35. The molecule has 2 amide bonds. The van der Waals surface area contributed by atoms with Gasteiger partial charge < -0.3 is 24.0 Å². The largest absolute Gasteiger partial charge is 0.493 e. The van der Waals surface area contributed by atoms with Gasteiger partial charge in [0.05, 0.1) is 37.2 Å². The number of amides is 2. The molecule has 1 saturated heterocycles. The van der Waals surface area contributed by atoms with Gasteiger partial charge in [0.2, 0.25) is 5.91 Å². The van der Waals surface area contributed by atoms with Crippen LogP contribution in [-0.2, 0) is 16.1 Å². The minimum Gasteiger partial charge on any atom is -0.493 e. The average Bonchev–Trinajstić information content (AvgIpc) is 3.50. The molecule has 1 aliphatic rings. The summed E-state index contributed by atoms with van der Waals surface area (Å²) in [6.07, 6.45) is -0.506. The molecular formula is C32H41N7O5S. The molecule has 0 saturated carbocycles. The molecule has 4 aromatic rings. The second-order valence-electron chi connectivity index (χ2n) is 12.0. The van der Waals surface area contributed by atoms with Gasteiger partial charge in [-0.15, -0.1) is 11.3 Å². The Bertz CT molecular complexity index is 1730. The summed E-state index contributed by atoms with van der Waals surface area (Å²) in [6, 6.07) is 7.58. The first-order chi connectivity index (χ1) is 21.3. The van der Waals surface area contributed by atoms with Crippen LogP contribution in [0.1, 0.15) is 49.0 Å². The summed E-state index contributed by atoms with van der Waals surface area (Å²) in [5, 5.41) is 5.84. The number of carbonyl (C=O) groups excluding carboxylic acids is 2. The van der Waals surface area contributed by atoms with E-state index in [-0.39, 0.29) is 12.5 Å². The normalized spacial score (nSPS) is 13.7. The zero-order valence-electron chi connectivity index (χ0n) is 27.4. The number of carbonyl (C=O) groups is 2. The van der Waals surface area contributed by atoms with E-state index >= 15 is 0 Å². The molecule has 4 heterocycles. The first-order valence-corrected chi connectivity index (χ1v) is 15.7. The van der Waals surface area contributed by atoms with Gasteiger partial charge in [-0.25, -0.2) is 14.8 Å². The molecule has 45 heavy (non-hydrogen) atoms. The monoisotopic (exact) mass is 635 g/mol. The molecule has 3 aromatic heterocycles. The molecule has 240 valence electrons. The Balaban J connectivity index is 1.73. The number of aromatic nitrogens is 4. The molecule has 12 nitrogen and oxygen atoms in total. The fraction of sp³-hybridized carbons (Fsp3) is 0.469. The third kappa shape index (κ3) is 6.68. The fourth-order valence-electron chi connectivity index (χ4n) is 5.45. The summed E-state index contributed by atoms with van der Waals surface area (Å²) >= 11 is 1.55. The molecule has 0 aliphatic carbocycles. The Labute approximate surface area is 267 Å². The molecule has 0 unspecified atom stereocenters. The number of benzene rings is 1. The highest BCUT2D eigenvalue weighted by molar-refractivity contribution is 7.11. The minimum absolute atomic E-state index is 0.0484. The molecule has 13 heteroatoms. The van der Waals surface area contributed by atoms with E-state index < -0.39 is 11.7 Å². The molecule has 1 fully saturated rings. The Hall–Kier alpha value is -4.39. The lowest BCUT2D eigenvalue weighted by atomic mass is 10.1. The number of methoxy groups -OCH3 is 2. The molecule has 5 rings (SSSR count). The quantitative estimate of drug-likeness (QED) is 0.263. The highest BCUT2D eigenvalue weighted by Gasteiger charge is 2.31. The van der Waals surface area contributed by atoms with Gasteiger partial charge in [0.1, 0.15) is 17.2 Å². The first-order valence-electron chi connectivity index (χ1n) is 14.9. The molecule has 0 bridgehead atoms. The lowest BCUT2D eigenvalue weighted by Crippen LogP contribution is -2.48. The molecule has 1 aliphatic heterocycles. The Kier molecular flexibility index (Phi) is 8.92. The van der Waals surface area contributed by atoms with E-state index in [0.717, 1.165) is 32.4 Å². The van der Waals surface area contributed by atoms with E-state index in [1.807, 2.05) is 70.7 Å². The van der Waals surface area contributed by atoms with Crippen molar-refractivity contribution < 1.29 is 23.8 Å². The van der Waals surface area contributed by atoms with Crippen molar-refractivity contribution in [2.75, 3.05) is 50.2 Å². The highest BCUT2D eigenvalue weighted by atomic mass is 32.1. The van der Waals surface area contributed by atoms with Gasteiger partial charge in [0.15, 0.2) is 17.1 Å². The highest BCUT2D eigenvalue weighted by Crippen LogP contribution is 2.38. The van der Waals surface area contributed by atoms with E-state index in [9.17, 15) is 9.59 Å². The Morgan fingerprint density at radius 2 is 1.64 bits per heavy atom. The molecule has 0 N–H and O–H groups in total. The van der Waals surface area contributed by atoms with Gasteiger partial charge in [-0.2, -0.15) is 9.61 Å². The molecular weight excluding hydrogens is 594 g/mol. The van der Waals surface area contributed by atoms with Crippen molar-refractivity contribution in [2.45, 2.75) is 60.6 Å². The number of hydrogen-bond donors (Lipinski definition) is 0. The van der Waals surface area contributed by atoms with Gasteiger partial charge in [-0.3, -0.25) is 9.69 Å². The number of piperazine rings is 1. The van der Waals surface area contributed by atoms with Gasteiger partial charge in [0, 0.05) is 49.6 Å². The van der Waals surface area contributed by atoms with E-state index in [1.165, 1.54) is 0 Å². The summed E-state index contributed by atoms with van der Waals surface area (Å²) in [4.78, 5) is 42.3. The average molecular weight is 636 g/mol. The van der Waals surface area contributed by atoms with Crippen LogP contribution < -0.4 is 19.3 Å². The summed E-state index contributed by atoms with van der Waals surface area (Å²) < 4.78 is 18.7. The van der Waals surface area contributed by atoms with Crippen molar-refractivity contribution in [2.24, 2.45) is 0 Å². The first kappa shape index (κ1) is 32.0. The summed E-state index contributed by atoms with van der Waals surface area (Å²) in [5.41, 5.74) is 3.08. The van der Waals surface area contributed by atoms with Gasteiger partial charge in [0.25, 0.3) is 0 Å². The van der Waals surface area contributed by atoms with E-state index in [2.05, 4.69) is 9.88 Å². The van der Waals surface area contributed by atoms with Crippen molar-refractivity contribution in [1.82, 2.24) is 24.5 Å². The number of nitrogens with zero attached hydrogens (tertiary/aromatic N) is 7. The molecule has 0 atom stereocenters. The summed E-state index contributed by atoms with van der Waals surface area (Å²) in [6.45, 7) is 15.5. The molecule has 1 aromatic carbocycles. The van der Waals surface area contributed by atoms with Crippen molar-refractivity contribution in [1.29, 1.82) is 0 Å². The van der Waals surface area contributed by atoms with Crippen molar-refractivity contribution in [3.8, 4) is 22.6 Å². The SMILES string of the molecule is COc1ccc(-c2c(C)nn3c(N(Cc4sc(C)nc4C)C(=O)OC(C)(C)C)cc(N4CCN(C(C)=O)CC4)nc23)cc1OC. The van der Waals surface area contributed by atoms with Crippen LogP contribution in [0.3, 0.4) is 0 Å². The number of ether oxygens (including phenoxy) is 3. The van der Waals surface area contributed by atoms with Crippen LogP contribution in [0, 0.1) is 20.8 Å². The second kappa shape index (κ2) is 12.5. The van der Waals surface area contributed by atoms with Crippen molar-refractivity contribution in [3.05, 3.63) is 45.5 Å². The van der Waals surface area contributed by atoms with E-state index in [1.54, 1.807) is 41.9 Å². The number of anilines is 2. The minimum atomic E-state index is -0.725. The Morgan fingerprint density at radius 1 is 0.956 bits per heavy atom. The number of thiazole rings is 1. The second-order valence-corrected chi connectivity index (χ2v) is 13.3. The third-order valence-electron chi connectivity index (χ3n) is 7.64. The fourth-order valence-corrected chi connectivity index (χ4v) is 6.38. The van der Waals surface area contributed by atoms with Crippen LogP contribution >= 0.6 is 11.3 Å². The van der Waals surface area contributed by atoms with Crippen molar-refractivity contribution in [3.63, 3.8) is 0 Å². The number of hydrogen-bond acceptors (Lipinski definition) is 10. The topological polar surface area (TPSA) is 115 Å². The van der Waals surface area contributed by atoms with Crippen LogP contribution in [0.4, 0.5) is 16.4 Å². The lowest BCUT2D eigenvalue weighted by molar-refractivity contribution is -0.129. The van der Waals surface area contributed by atoms with Crippen LogP contribution in [0.15, 0.2) is 24.3 Å². The zero-order valence-corrected chi connectivity index (χ0v) is 28.2. The van der Waals surface area contributed by atoms with Gasteiger partial charge in [-0.1, -0.05) is 6.07 Å². The number of rotatable bonds is 7.